The first-order valence-corrected chi connectivity index (χ1v) is 20.8. The van der Waals surface area contributed by atoms with Crippen molar-refractivity contribution < 1.29 is 18.8 Å². The van der Waals surface area contributed by atoms with E-state index in [1.807, 2.05) is 25.1 Å². The summed E-state index contributed by atoms with van der Waals surface area (Å²) in [6.45, 7) is 6.19. The number of amides is 1. The molecule has 3 aliphatic carbocycles. The Balaban J connectivity index is 1.29. The zero-order chi connectivity index (χ0) is 33.7. The maximum absolute atomic E-state index is 13.9. The molecule has 2 fully saturated rings. The Hall–Kier alpha value is -2.22. The lowest BCUT2D eigenvalue weighted by Gasteiger charge is -2.51. The summed E-state index contributed by atoms with van der Waals surface area (Å²) in [5.74, 6) is 5.75. The van der Waals surface area contributed by atoms with E-state index in [9.17, 15) is 14.1 Å². The van der Waals surface area contributed by atoms with Gasteiger partial charge in [-0.1, -0.05) is 63.1 Å². The van der Waals surface area contributed by atoms with Crippen molar-refractivity contribution in [1.82, 2.24) is 4.72 Å². The van der Waals surface area contributed by atoms with E-state index in [2.05, 4.69) is 34.5 Å². The lowest BCUT2D eigenvalue weighted by Crippen LogP contribution is -2.53. The number of fused-ring (bicyclic) bond motifs is 4. The maximum Gasteiger partial charge on any atom is 0.262 e. The summed E-state index contributed by atoms with van der Waals surface area (Å²) < 4.78 is 23.5. The number of ether oxygens (including phenoxy) is 1. The second-order valence-electron chi connectivity index (χ2n) is 16.3. The van der Waals surface area contributed by atoms with Gasteiger partial charge in [-0.2, -0.15) is 0 Å². The number of anilines is 1. The molecule has 6 nitrogen and oxygen atoms in total. The number of benzene rings is 2. The van der Waals surface area contributed by atoms with Crippen LogP contribution in [0.4, 0.5) is 5.69 Å². The topological polar surface area (TPSA) is 78.9 Å². The normalized spacial score (nSPS) is 36.2. The molecule has 0 saturated heterocycles. The van der Waals surface area contributed by atoms with E-state index in [-0.39, 0.29) is 28.4 Å². The number of nitrogens with one attached hydrogen (secondary N) is 1. The maximum atomic E-state index is 13.9. The SMILES string of the molecule is C=S1(=O)NC(=O)c2ccc3c(c2)N(C[C@@H]2CC[C@H]2[C@](O)(CC2CCCCC2)CCC[C@H](C)[C@H]1C)C[C@@]1(CCCc2cc(Cl)ccc21)CO3. The molecule has 2 aliphatic heterocycles. The van der Waals surface area contributed by atoms with Gasteiger partial charge < -0.3 is 14.7 Å². The average Bonchev–Trinajstić information content (AvgIpc) is 3.19. The number of halogens is 1. The van der Waals surface area contributed by atoms with Crippen molar-refractivity contribution in [2.45, 2.75) is 120 Å². The third-order valence-electron chi connectivity index (χ3n) is 13.2. The highest BCUT2D eigenvalue weighted by atomic mass is 35.5. The van der Waals surface area contributed by atoms with Crippen LogP contribution in [0.3, 0.4) is 0 Å². The van der Waals surface area contributed by atoms with Gasteiger partial charge in [-0.15, -0.1) is 0 Å². The Bertz CT molecular complexity index is 1620. The van der Waals surface area contributed by atoms with Gasteiger partial charge in [0.25, 0.3) is 5.91 Å². The Morgan fingerprint density at radius 1 is 1.02 bits per heavy atom. The highest BCUT2D eigenvalue weighted by Gasteiger charge is 2.49. The molecular formula is C40H55ClN2O4S. The van der Waals surface area contributed by atoms with Crippen molar-refractivity contribution >= 4 is 38.8 Å². The van der Waals surface area contributed by atoms with Crippen LogP contribution in [0.1, 0.15) is 119 Å². The predicted molar refractivity (Wildman–Crippen MR) is 198 cm³/mol. The molecule has 2 bridgehead atoms. The van der Waals surface area contributed by atoms with Crippen molar-refractivity contribution in [3.63, 3.8) is 0 Å². The van der Waals surface area contributed by atoms with Crippen LogP contribution in [-0.2, 0) is 21.5 Å². The highest BCUT2D eigenvalue weighted by molar-refractivity contribution is 7.99. The van der Waals surface area contributed by atoms with Crippen LogP contribution in [-0.4, -0.2) is 51.6 Å². The first-order valence-electron chi connectivity index (χ1n) is 18.7. The van der Waals surface area contributed by atoms with Gasteiger partial charge in [-0.3, -0.25) is 9.52 Å². The summed E-state index contributed by atoms with van der Waals surface area (Å²) in [4.78, 5) is 16.2. The molecule has 0 radical (unpaired) electrons. The predicted octanol–water partition coefficient (Wildman–Crippen LogP) is 8.11. The van der Waals surface area contributed by atoms with Crippen LogP contribution in [0.15, 0.2) is 36.4 Å². The van der Waals surface area contributed by atoms with Gasteiger partial charge in [-0.05, 0) is 129 Å². The highest BCUT2D eigenvalue weighted by Crippen LogP contribution is 2.51. The Morgan fingerprint density at radius 3 is 2.60 bits per heavy atom. The molecule has 8 heteroatoms. The van der Waals surface area contributed by atoms with Crippen LogP contribution in [0.2, 0.25) is 5.02 Å². The van der Waals surface area contributed by atoms with Crippen molar-refractivity contribution in [2.75, 3.05) is 24.6 Å². The van der Waals surface area contributed by atoms with Crippen molar-refractivity contribution in [3.8, 4) is 5.75 Å². The average molecular weight is 695 g/mol. The van der Waals surface area contributed by atoms with Crippen LogP contribution < -0.4 is 14.4 Å². The molecule has 2 aromatic rings. The Kier molecular flexibility index (Phi) is 9.62. The summed E-state index contributed by atoms with van der Waals surface area (Å²) in [6, 6.07) is 12.0. The number of rotatable bonds is 2. The molecule has 5 aliphatic rings. The monoisotopic (exact) mass is 694 g/mol. The second-order valence-corrected chi connectivity index (χ2v) is 19.1. The molecule has 1 spiro atoms. The van der Waals surface area contributed by atoms with Gasteiger partial charge >= 0.3 is 0 Å². The van der Waals surface area contributed by atoms with Crippen LogP contribution in [0.5, 0.6) is 5.75 Å². The number of aliphatic hydroxyl groups is 1. The summed E-state index contributed by atoms with van der Waals surface area (Å²) >= 11 is 6.48. The minimum Gasteiger partial charge on any atom is -0.490 e. The zero-order valence-electron chi connectivity index (χ0n) is 29.0. The van der Waals surface area contributed by atoms with E-state index >= 15 is 0 Å². The number of hydrogen-bond acceptors (Lipinski definition) is 5. The van der Waals surface area contributed by atoms with E-state index in [1.165, 1.54) is 43.2 Å². The third kappa shape index (κ3) is 6.65. The van der Waals surface area contributed by atoms with Crippen molar-refractivity contribution in [1.29, 1.82) is 0 Å². The minimum absolute atomic E-state index is 0.0969. The number of hydrogen-bond donors (Lipinski definition) is 2. The molecule has 1 unspecified atom stereocenters. The summed E-state index contributed by atoms with van der Waals surface area (Å²) in [7, 11) is -2.91. The first-order chi connectivity index (χ1) is 23.0. The molecule has 7 atom stereocenters. The summed E-state index contributed by atoms with van der Waals surface area (Å²) in [5.41, 5.74) is 3.07. The summed E-state index contributed by atoms with van der Waals surface area (Å²) in [5, 5.41) is 13.2. The van der Waals surface area contributed by atoms with Gasteiger partial charge in [0.05, 0.1) is 27.6 Å². The molecule has 2 heterocycles. The number of aryl methyl sites for hydroxylation is 1. The van der Waals surface area contributed by atoms with Gasteiger partial charge in [0.1, 0.15) is 5.75 Å². The van der Waals surface area contributed by atoms with E-state index in [0.29, 0.717) is 24.0 Å². The largest absolute Gasteiger partial charge is 0.490 e. The molecule has 2 aromatic carbocycles. The summed E-state index contributed by atoms with van der Waals surface area (Å²) in [6.07, 6.45) is 14.9. The van der Waals surface area contributed by atoms with Crippen molar-refractivity contribution in [3.05, 3.63) is 58.1 Å². The van der Waals surface area contributed by atoms with Gasteiger partial charge in [0.15, 0.2) is 0 Å². The van der Waals surface area contributed by atoms with Crippen LogP contribution in [0.25, 0.3) is 0 Å². The number of carbonyl (C=O) groups is 1. The molecule has 2 saturated carbocycles. The van der Waals surface area contributed by atoms with Crippen LogP contribution >= 0.6 is 11.6 Å². The lowest BCUT2D eigenvalue weighted by atomic mass is 9.60. The van der Waals surface area contributed by atoms with Crippen LogP contribution in [0, 0.1) is 23.7 Å². The number of carbonyl (C=O) groups excluding carboxylic acids is 1. The Morgan fingerprint density at radius 2 is 1.83 bits per heavy atom. The fourth-order valence-corrected chi connectivity index (χ4v) is 11.7. The molecule has 0 aromatic heterocycles. The fraction of sp³-hybridized carbons (Fsp3) is 0.650. The van der Waals surface area contributed by atoms with Gasteiger partial charge in [0, 0.05) is 34.3 Å². The Labute approximate surface area is 293 Å². The smallest absolute Gasteiger partial charge is 0.262 e. The van der Waals surface area contributed by atoms with E-state index < -0.39 is 15.3 Å². The van der Waals surface area contributed by atoms with Gasteiger partial charge in [-0.25, -0.2) is 4.21 Å². The molecule has 1 amide bonds. The molecule has 262 valence electrons. The zero-order valence-corrected chi connectivity index (χ0v) is 30.6. The minimum atomic E-state index is -2.91. The van der Waals surface area contributed by atoms with E-state index in [0.717, 1.165) is 87.3 Å². The molecule has 2 N–H and O–H groups in total. The van der Waals surface area contributed by atoms with Crippen molar-refractivity contribution in [2.24, 2.45) is 23.7 Å². The molecular weight excluding hydrogens is 640 g/mol. The number of nitrogens with zero attached hydrogens (tertiary/aromatic N) is 1. The molecule has 48 heavy (non-hydrogen) atoms. The standard InChI is InChI=1S/C40H55ClN2O4S/c1-27-9-7-20-40(45,23-29-10-5-4-6-11-29)35-16-13-32(35)24-43-25-39(19-8-12-30-21-33(41)15-17-34(30)39)26-47-37-18-14-31(22-36(37)43)38(44)42-48(3,46)28(27)2/h14-15,17-18,21-22,27-29,32,35,45H,3-13,16,19-20,23-26H2,1-2H3,(H,42,44,46)/t27-,28+,32-,35+,39-,40+,48?/m0/s1. The quantitative estimate of drug-likeness (QED) is 0.311. The lowest BCUT2D eigenvalue weighted by molar-refractivity contribution is -0.105. The third-order valence-corrected chi connectivity index (χ3v) is 15.6. The first kappa shape index (κ1) is 34.2. The van der Waals surface area contributed by atoms with E-state index in [4.69, 9.17) is 16.3 Å². The fourth-order valence-electron chi connectivity index (χ4n) is 10.0. The molecule has 7 rings (SSSR count). The van der Waals surface area contributed by atoms with E-state index in [1.54, 1.807) is 6.07 Å². The second kappa shape index (κ2) is 13.5. The van der Waals surface area contributed by atoms with Gasteiger partial charge in [0.2, 0.25) is 0 Å².